The molecule has 0 N–H and O–H groups in total. The maximum Gasteiger partial charge on any atom is 0.235 e. The number of rotatable bonds is 4. The molecule has 0 unspecified atom stereocenters. The SMILES string of the molecule is Cc1nnc(SCc2nnc3sc(-c4ccccc4F)nn23)s1. The molecule has 1 aromatic carbocycles. The van der Waals surface area contributed by atoms with Crippen LogP contribution < -0.4 is 0 Å². The Balaban J connectivity index is 1.63. The van der Waals surface area contributed by atoms with Crippen LogP contribution in [-0.4, -0.2) is 30.0 Å². The van der Waals surface area contributed by atoms with Crippen LogP contribution >= 0.6 is 34.4 Å². The first kappa shape index (κ1) is 14.7. The minimum Gasteiger partial charge on any atom is -0.206 e. The van der Waals surface area contributed by atoms with Crippen molar-refractivity contribution in [2.24, 2.45) is 0 Å². The van der Waals surface area contributed by atoms with Gasteiger partial charge in [-0.3, -0.25) is 0 Å². The number of thioether (sulfide) groups is 1. The van der Waals surface area contributed by atoms with Gasteiger partial charge in [0.05, 0.1) is 5.75 Å². The maximum absolute atomic E-state index is 13.9. The molecule has 4 aromatic rings. The summed E-state index contributed by atoms with van der Waals surface area (Å²) in [5.41, 5.74) is 0.473. The van der Waals surface area contributed by atoms with Gasteiger partial charge in [-0.25, -0.2) is 4.39 Å². The fourth-order valence-electron chi connectivity index (χ4n) is 1.95. The molecule has 0 radical (unpaired) electrons. The van der Waals surface area contributed by atoms with E-state index in [9.17, 15) is 4.39 Å². The van der Waals surface area contributed by atoms with Gasteiger partial charge in [-0.1, -0.05) is 46.6 Å². The first-order valence-electron chi connectivity index (χ1n) is 6.59. The van der Waals surface area contributed by atoms with Crippen LogP contribution in [0.15, 0.2) is 28.6 Å². The van der Waals surface area contributed by atoms with Gasteiger partial charge in [0.1, 0.15) is 10.8 Å². The zero-order chi connectivity index (χ0) is 15.8. The minimum absolute atomic E-state index is 0.294. The van der Waals surface area contributed by atoms with Crippen molar-refractivity contribution in [2.45, 2.75) is 17.0 Å². The number of aromatic nitrogens is 6. The number of benzene rings is 1. The Bertz CT molecular complexity index is 975. The number of aryl methyl sites for hydroxylation is 1. The minimum atomic E-state index is -0.294. The fraction of sp³-hybridized carbons (Fsp3) is 0.154. The molecule has 0 spiro atoms. The van der Waals surface area contributed by atoms with Crippen molar-refractivity contribution in [3.8, 4) is 10.6 Å². The Labute approximate surface area is 142 Å². The molecule has 0 aliphatic carbocycles. The molecule has 3 aromatic heterocycles. The molecule has 116 valence electrons. The summed E-state index contributed by atoms with van der Waals surface area (Å²) in [6.07, 6.45) is 0. The third-order valence-corrected chi connectivity index (χ3v) is 5.89. The van der Waals surface area contributed by atoms with Crippen LogP contribution in [0.1, 0.15) is 10.8 Å². The number of nitrogens with zero attached hydrogens (tertiary/aromatic N) is 6. The summed E-state index contributed by atoms with van der Waals surface area (Å²) in [4.78, 5) is 0.646. The van der Waals surface area contributed by atoms with E-state index in [1.165, 1.54) is 40.5 Å². The van der Waals surface area contributed by atoms with E-state index in [1.54, 1.807) is 22.7 Å². The summed E-state index contributed by atoms with van der Waals surface area (Å²) in [5.74, 6) is 0.991. The van der Waals surface area contributed by atoms with Gasteiger partial charge in [-0.15, -0.1) is 20.4 Å². The van der Waals surface area contributed by atoms with Crippen molar-refractivity contribution in [1.82, 2.24) is 30.0 Å². The van der Waals surface area contributed by atoms with Gasteiger partial charge in [0.25, 0.3) is 0 Å². The van der Waals surface area contributed by atoms with Crippen molar-refractivity contribution < 1.29 is 4.39 Å². The molecule has 4 rings (SSSR count). The molecule has 0 bridgehead atoms. The lowest BCUT2D eigenvalue weighted by Crippen LogP contribution is -1.94. The number of hydrogen-bond donors (Lipinski definition) is 0. The van der Waals surface area contributed by atoms with E-state index >= 15 is 0 Å². The van der Waals surface area contributed by atoms with Gasteiger partial charge < -0.3 is 0 Å². The van der Waals surface area contributed by atoms with Crippen LogP contribution in [0.2, 0.25) is 0 Å². The molecular formula is C13H9FN6S3. The standard InChI is InChI=1S/C13H9FN6S3/c1-7-15-18-13(22-7)21-6-10-16-17-12-20(10)19-11(23-12)8-4-2-3-5-9(8)14/h2-5H,6H2,1H3. The first-order chi connectivity index (χ1) is 11.2. The van der Waals surface area contributed by atoms with E-state index in [0.29, 0.717) is 27.1 Å². The van der Waals surface area contributed by atoms with Gasteiger partial charge in [-0.05, 0) is 19.1 Å². The normalized spacial score (nSPS) is 11.4. The average Bonchev–Trinajstić information content (AvgIpc) is 3.22. The maximum atomic E-state index is 13.9. The Kier molecular flexibility index (Phi) is 3.79. The second kappa shape index (κ2) is 5.95. The highest BCUT2D eigenvalue weighted by atomic mass is 32.2. The van der Waals surface area contributed by atoms with Crippen molar-refractivity contribution in [3.05, 3.63) is 40.9 Å². The summed E-state index contributed by atoms with van der Waals surface area (Å²) in [7, 11) is 0. The molecule has 0 atom stereocenters. The van der Waals surface area contributed by atoms with Crippen LogP contribution in [0, 0.1) is 12.7 Å². The number of halogens is 1. The first-order valence-corrected chi connectivity index (χ1v) is 9.21. The Morgan fingerprint density at radius 2 is 2.00 bits per heavy atom. The van der Waals surface area contributed by atoms with Gasteiger partial charge >= 0.3 is 0 Å². The Morgan fingerprint density at radius 3 is 2.78 bits per heavy atom. The monoisotopic (exact) mass is 364 g/mol. The van der Waals surface area contributed by atoms with E-state index in [4.69, 9.17) is 0 Å². The molecule has 0 saturated heterocycles. The third-order valence-electron chi connectivity index (χ3n) is 2.99. The summed E-state index contributed by atoms with van der Waals surface area (Å²) in [6.45, 7) is 1.91. The lowest BCUT2D eigenvalue weighted by molar-refractivity contribution is 0.630. The second-order valence-electron chi connectivity index (χ2n) is 4.57. The molecule has 3 heterocycles. The van der Waals surface area contributed by atoms with Crippen molar-refractivity contribution >= 4 is 39.4 Å². The van der Waals surface area contributed by atoms with Crippen LogP contribution in [-0.2, 0) is 5.75 Å². The predicted octanol–water partition coefficient (Wildman–Crippen LogP) is 3.44. The zero-order valence-electron chi connectivity index (χ0n) is 11.8. The Hall–Kier alpha value is -1.91. The summed E-state index contributed by atoms with van der Waals surface area (Å²) in [5, 5.41) is 22.3. The zero-order valence-corrected chi connectivity index (χ0v) is 14.3. The largest absolute Gasteiger partial charge is 0.235 e. The van der Waals surface area contributed by atoms with Crippen LogP contribution in [0.25, 0.3) is 15.5 Å². The predicted molar refractivity (Wildman–Crippen MR) is 88.3 cm³/mol. The second-order valence-corrected chi connectivity index (χ2v) is 7.93. The summed E-state index contributed by atoms with van der Waals surface area (Å²) in [6, 6.07) is 6.58. The van der Waals surface area contributed by atoms with Crippen molar-refractivity contribution in [2.75, 3.05) is 0 Å². The summed E-state index contributed by atoms with van der Waals surface area (Å²) < 4.78 is 16.4. The molecule has 0 aliphatic heterocycles. The van der Waals surface area contributed by atoms with Crippen LogP contribution in [0.3, 0.4) is 0 Å². The molecular weight excluding hydrogens is 355 g/mol. The number of hydrogen-bond acceptors (Lipinski definition) is 8. The van der Waals surface area contributed by atoms with E-state index in [-0.39, 0.29) is 5.82 Å². The van der Waals surface area contributed by atoms with E-state index in [1.807, 2.05) is 6.92 Å². The molecule has 6 nitrogen and oxygen atoms in total. The quantitative estimate of drug-likeness (QED) is 0.517. The van der Waals surface area contributed by atoms with Crippen LogP contribution in [0.5, 0.6) is 0 Å². The van der Waals surface area contributed by atoms with E-state index < -0.39 is 0 Å². The topological polar surface area (TPSA) is 68.9 Å². The summed E-state index contributed by atoms with van der Waals surface area (Å²) >= 11 is 4.38. The van der Waals surface area contributed by atoms with Gasteiger partial charge in [0, 0.05) is 5.56 Å². The van der Waals surface area contributed by atoms with E-state index in [0.717, 1.165) is 9.35 Å². The number of fused-ring (bicyclic) bond motifs is 1. The highest BCUT2D eigenvalue weighted by Gasteiger charge is 2.15. The van der Waals surface area contributed by atoms with Crippen molar-refractivity contribution in [1.29, 1.82) is 0 Å². The lowest BCUT2D eigenvalue weighted by atomic mass is 10.2. The molecule has 0 fully saturated rings. The highest BCUT2D eigenvalue weighted by molar-refractivity contribution is 8.00. The highest BCUT2D eigenvalue weighted by Crippen LogP contribution is 2.29. The molecule has 0 amide bonds. The van der Waals surface area contributed by atoms with E-state index in [2.05, 4.69) is 25.5 Å². The van der Waals surface area contributed by atoms with Crippen molar-refractivity contribution in [3.63, 3.8) is 0 Å². The smallest absolute Gasteiger partial charge is 0.206 e. The molecule has 0 saturated carbocycles. The van der Waals surface area contributed by atoms with Gasteiger partial charge in [0.2, 0.25) is 4.96 Å². The van der Waals surface area contributed by atoms with Gasteiger partial charge in [0.15, 0.2) is 15.2 Å². The van der Waals surface area contributed by atoms with Gasteiger partial charge in [-0.2, -0.15) is 9.61 Å². The molecule has 10 heteroatoms. The van der Waals surface area contributed by atoms with Crippen LogP contribution in [0.4, 0.5) is 4.39 Å². The fourth-order valence-corrected chi connectivity index (χ4v) is 4.56. The molecule has 0 aliphatic rings. The Morgan fingerprint density at radius 1 is 1.13 bits per heavy atom. The third kappa shape index (κ3) is 2.84. The lowest BCUT2D eigenvalue weighted by Gasteiger charge is -1.97. The molecule has 23 heavy (non-hydrogen) atoms. The average molecular weight is 364 g/mol.